The minimum Gasteiger partial charge on any atom is -0.394 e. The summed E-state index contributed by atoms with van der Waals surface area (Å²) in [6, 6.07) is 0. The Bertz CT molecular complexity index is 1070. The maximum absolute atomic E-state index is 12.0. The molecule has 0 aromatic rings. The fourth-order valence-corrected chi connectivity index (χ4v) is 11.9. The highest BCUT2D eigenvalue weighted by Crippen LogP contribution is 2.76. The molecule has 0 spiro atoms. The average Bonchev–Trinajstić information content (AvgIpc) is 3.32. The zero-order chi connectivity index (χ0) is 32.6. The molecule has 0 unspecified atom stereocenters. The first-order valence-electron chi connectivity index (χ1n) is 17.3. The van der Waals surface area contributed by atoms with E-state index in [1.165, 1.54) is 5.57 Å². The molecule has 0 amide bonds. The van der Waals surface area contributed by atoms with Crippen molar-refractivity contribution in [3.8, 4) is 0 Å². The van der Waals surface area contributed by atoms with E-state index in [0.717, 1.165) is 51.4 Å². The van der Waals surface area contributed by atoms with Crippen molar-refractivity contribution in [2.24, 2.45) is 45.3 Å². The number of ether oxygens (including phenoxy) is 2. The normalized spacial score (nSPS) is 51.5. The monoisotopic (exact) mass is 622 g/mol. The lowest BCUT2D eigenvalue weighted by Crippen LogP contribution is -2.67. The fraction of sp³-hybridized carbons (Fsp3) is 0.944. The van der Waals surface area contributed by atoms with Gasteiger partial charge in [0.05, 0.1) is 24.4 Å². The Balaban J connectivity index is 1.37. The van der Waals surface area contributed by atoms with Crippen LogP contribution in [0.25, 0.3) is 0 Å². The molecule has 5 rings (SSSR count). The maximum Gasteiger partial charge on any atom is 0.186 e. The second kappa shape index (κ2) is 11.8. The number of hydrogen-bond donors (Lipinski definition) is 6. The summed E-state index contributed by atoms with van der Waals surface area (Å²) >= 11 is 0. The van der Waals surface area contributed by atoms with Gasteiger partial charge in [0.1, 0.15) is 24.4 Å². The predicted molar refractivity (Wildman–Crippen MR) is 168 cm³/mol. The second-order valence-corrected chi connectivity index (χ2v) is 17.3. The van der Waals surface area contributed by atoms with Gasteiger partial charge in [-0.15, -0.1) is 0 Å². The lowest BCUT2D eigenvalue weighted by molar-refractivity contribution is -0.332. The van der Waals surface area contributed by atoms with Crippen LogP contribution in [-0.2, 0) is 9.47 Å². The van der Waals surface area contributed by atoms with Crippen LogP contribution < -0.4 is 0 Å². The van der Waals surface area contributed by atoms with Gasteiger partial charge in [-0.1, -0.05) is 46.3 Å². The van der Waals surface area contributed by atoms with E-state index in [0.29, 0.717) is 18.3 Å². The summed E-state index contributed by atoms with van der Waals surface area (Å²) in [6.07, 6.45) is 3.15. The second-order valence-electron chi connectivity index (χ2n) is 17.3. The Labute approximate surface area is 265 Å². The van der Waals surface area contributed by atoms with Gasteiger partial charge in [0.25, 0.3) is 0 Å². The number of aliphatic hydroxyl groups excluding tert-OH is 5. The molecule has 4 saturated carbocycles. The topological polar surface area (TPSA) is 140 Å². The summed E-state index contributed by atoms with van der Waals surface area (Å²) in [5.41, 5.74) is 0.122. The van der Waals surface area contributed by atoms with Gasteiger partial charge in [-0.05, 0) is 124 Å². The van der Waals surface area contributed by atoms with Crippen molar-refractivity contribution in [1.82, 2.24) is 0 Å². The van der Waals surface area contributed by atoms with Crippen LogP contribution in [0.2, 0.25) is 0 Å². The number of allylic oxidation sites excluding steroid dienone is 2. The van der Waals surface area contributed by atoms with Crippen molar-refractivity contribution in [3.63, 3.8) is 0 Å². The Kier molecular flexibility index (Phi) is 9.35. The molecular formula is C36H62O8. The summed E-state index contributed by atoms with van der Waals surface area (Å²) in [4.78, 5) is 0. The van der Waals surface area contributed by atoms with Crippen molar-refractivity contribution in [1.29, 1.82) is 0 Å². The van der Waals surface area contributed by atoms with Crippen molar-refractivity contribution in [3.05, 3.63) is 11.6 Å². The number of hydrogen-bond acceptors (Lipinski definition) is 8. The van der Waals surface area contributed by atoms with Crippen molar-refractivity contribution in [2.75, 3.05) is 6.61 Å². The number of rotatable bonds is 7. The van der Waals surface area contributed by atoms with Gasteiger partial charge in [-0.25, -0.2) is 0 Å². The molecular weight excluding hydrogens is 560 g/mol. The largest absolute Gasteiger partial charge is 0.394 e. The Morgan fingerprint density at radius 1 is 0.886 bits per heavy atom. The molecule has 8 heteroatoms. The first-order chi connectivity index (χ1) is 20.3. The maximum atomic E-state index is 12.0. The van der Waals surface area contributed by atoms with Crippen molar-refractivity contribution >= 4 is 0 Å². The number of aliphatic hydroxyl groups is 6. The zero-order valence-electron chi connectivity index (χ0n) is 28.5. The molecule has 6 N–H and O–H groups in total. The first-order valence-corrected chi connectivity index (χ1v) is 17.3. The Hall–Kier alpha value is -0.580. The van der Waals surface area contributed by atoms with E-state index in [1.54, 1.807) is 0 Å². The van der Waals surface area contributed by atoms with Gasteiger partial charge in [-0.2, -0.15) is 0 Å². The Morgan fingerprint density at radius 2 is 1.55 bits per heavy atom. The minimum atomic E-state index is -1.46. The molecule has 5 aliphatic rings. The third-order valence-electron chi connectivity index (χ3n) is 14.5. The molecule has 0 radical (unpaired) electrons. The van der Waals surface area contributed by atoms with Gasteiger partial charge in [0.15, 0.2) is 6.29 Å². The quantitative estimate of drug-likeness (QED) is 0.182. The van der Waals surface area contributed by atoms with Crippen LogP contribution in [0.3, 0.4) is 0 Å². The highest BCUT2D eigenvalue weighted by molar-refractivity contribution is 5.20. The smallest absolute Gasteiger partial charge is 0.186 e. The first kappa shape index (κ1) is 34.7. The van der Waals surface area contributed by atoms with E-state index in [9.17, 15) is 30.6 Å². The highest BCUT2D eigenvalue weighted by atomic mass is 16.7. The predicted octanol–water partition coefficient (Wildman–Crippen LogP) is 4.32. The molecule has 8 nitrogen and oxygen atoms in total. The lowest BCUT2D eigenvalue weighted by atomic mass is 9.35. The van der Waals surface area contributed by atoms with Crippen LogP contribution in [0.15, 0.2) is 11.6 Å². The molecule has 254 valence electrons. The summed E-state index contributed by atoms with van der Waals surface area (Å²) < 4.78 is 12.2. The lowest BCUT2D eigenvalue weighted by Gasteiger charge is -2.70. The molecule has 1 saturated heterocycles. The van der Waals surface area contributed by atoms with Crippen molar-refractivity contribution < 1.29 is 40.1 Å². The molecule has 1 aliphatic heterocycles. The standard InChI is InChI=1S/C36H62O8/c1-20(2)10-9-14-36(8,42)21-11-16-35(7)27(21)22(38)18-25-33(5)15-13-26(32(3,4)24(33)12-17-34(25,35)6)44-31-30(41)29(40)28(39)23(19-37)43-31/h10,21-31,37-42H,9,11-19H2,1-8H3/t21-,22+,23+,24-,25+,26-,27+,28+,29-,30+,31-,33-,34+,35+,36+/m0/s1. The van der Waals surface area contributed by atoms with Crippen molar-refractivity contribution in [2.45, 2.75) is 162 Å². The third-order valence-corrected chi connectivity index (χ3v) is 14.5. The number of fused-ring (bicyclic) bond motifs is 5. The van der Waals surface area contributed by atoms with Crippen LogP contribution in [0.1, 0.15) is 113 Å². The molecule has 0 bridgehead atoms. The van der Waals surface area contributed by atoms with Gasteiger partial charge >= 0.3 is 0 Å². The van der Waals surface area contributed by atoms with Crippen LogP contribution in [0.4, 0.5) is 0 Å². The molecule has 44 heavy (non-hydrogen) atoms. The zero-order valence-corrected chi connectivity index (χ0v) is 28.5. The molecule has 5 fully saturated rings. The highest BCUT2D eigenvalue weighted by Gasteiger charge is 2.71. The summed E-state index contributed by atoms with van der Waals surface area (Å²) in [6.45, 7) is 17.5. The van der Waals surface area contributed by atoms with Crippen LogP contribution in [0.5, 0.6) is 0 Å². The minimum absolute atomic E-state index is 0.0231. The molecule has 4 aliphatic carbocycles. The molecule has 0 aromatic carbocycles. The van der Waals surface area contributed by atoms with E-state index in [-0.39, 0.29) is 39.6 Å². The van der Waals surface area contributed by atoms with E-state index < -0.39 is 49.0 Å². The van der Waals surface area contributed by atoms with Crippen LogP contribution >= 0.6 is 0 Å². The van der Waals surface area contributed by atoms with Gasteiger partial charge in [0.2, 0.25) is 0 Å². The summed E-state index contributed by atoms with van der Waals surface area (Å²) in [5.74, 6) is 0.792. The fourth-order valence-electron chi connectivity index (χ4n) is 11.9. The van der Waals surface area contributed by atoms with Gasteiger partial charge in [0, 0.05) is 0 Å². The van der Waals surface area contributed by atoms with Crippen LogP contribution in [0, 0.1) is 45.3 Å². The van der Waals surface area contributed by atoms with Crippen LogP contribution in [-0.4, -0.2) is 85.8 Å². The summed E-state index contributed by atoms with van der Waals surface area (Å²) in [5, 5.41) is 64.8. The van der Waals surface area contributed by atoms with E-state index >= 15 is 0 Å². The molecule has 1 heterocycles. The summed E-state index contributed by atoms with van der Waals surface area (Å²) in [7, 11) is 0. The SMILES string of the molecule is CC(C)=CCC[C@@](C)(O)[C@H]1CC[C@]2(C)[C@H]1[C@H](O)C[C@@H]1[C@@]3(C)CC[C@H](O[C@@H]4O[C@H](CO)[C@@H](O)[C@H](O)[C@H]4O)C(C)(C)[C@@H]3CC[C@]12C. The molecule has 0 aromatic heterocycles. The molecule has 15 atom stereocenters. The van der Waals surface area contributed by atoms with Gasteiger partial charge < -0.3 is 40.1 Å². The Morgan fingerprint density at radius 3 is 2.18 bits per heavy atom. The average molecular weight is 623 g/mol. The van der Waals surface area contributed by atoms with Gasteiger partial charge in [-0.3, -0.25) is 0 Å². The van der Waals surface area contributed by atoms with E-state index in [2.05, 4.69) is 54.5 Å². The van der Waals surface area contributed by atoms with E-state index in [4.69, 9.17) is 9.47 Å². The van der Waals surface area contributed by atoms with E-state index in [1.807, 2.05) is 6.92 Å². The third kappa shape index (κ3) is 5.26.